The third kappa shape index (κ3) is 7.45. The highest BCUT2D eigenvalue weighted by Crippen LogP contribution is 2.33. The zero-order valence-electron chi connectivity index (χ0n) is 31.4. The number of rotatable bonds is 14. The number of nitrogens with one attached hydrogen (secondary N) is 2. The molecule has 0 bridgehead atoms. The molecule has 1 unspecified atom stereocenters. The van der Waals surface area contributed by atoms with Gasteiger partial charge in [0.05, 0.1) is 41.2 Å². The number of carbonyl (C=O) groups is 4. The van der Waals surface area contributed by atoms with E-state index < -0.39 is 23.6 Å². The van der Waals surface area contributed by atoms with E-state index in [4.69, 9.17) is 25.9 Å². The van der Waals surface area contributed by atoms with E-state index in [1.165, 1.54) is 0 Å². The highest BCUT2D eigenvalue weighted by atomic mass is 16.5. The summed E-state index contributed by atoms with van der Waals surface area (Å²) in [5, 5.41) is 14.6. The Balaban J connectivity index is 1.26. The summed E-state index contributed by atoms with van der Waals surface area (Å²) in [5.74, 6) is -1.28. The van der Waals surface area contributed by atoms with Crippen molar-refractivity contribution in [2.24, 2.45) is 11.5 Å². The summed E-state index contributed by atoms with van der Waals surface area (Å²) in [6.07, 6.45) is 4.12. The largest absolute Gasteiger partial charge is 0.486 e. The van der Waals surface area contributed by atoms with Gasteiger partial charge in [0.2, 0.25) is 23.7 Å². The van der Waals surface area contributed by atoms with Gasteiger partial charge in [0.25, 0.3) is 11.8 Å². The Kier molecular flexibility index (Phi) is 10.4. The average Bonchev–Trinajstić information content (AvgIpc) is 4.01. The number of fused-ring (bicyclic) bond motifs is 2. The van der Waals surface area contributed by atoms with E-state index in [0.717, 1.165) is 0 Å². The molecule has 1 fully saturated rings. The van der Waals surface area contributed by atoms with Gasteiger partial charge in [-0.3, -0.25) is 39.2 Å². The van der Waals surface area contributed by atoms with Crippen LogP contribution in [0.1, 0.15) is 73.3 Å². The Labute approximate surface area is 320 Å². The lowest BCUT2D eigenvalue weighted by atomic mass is 10.1. The van der Waals surface area contributed by atoms with Gasteiger partial charge < -0.3 is 30.1 Å². The Morgan fingerprint density at radius 1 is 0.804 bits per heavy atom. The molecule has 18 nitrogen and oxygen atoms in total. The first kappa shape index (κ1) is 37.5. The molecule has 6 N–H and O–H groups in total. The van der Waals surface area contributed by atoms with Gasteiger partial charge in [0.15, 0.2) is 0 Å². The second kappa shape index (κ2) is 15.5. The average molecular weight is 763 g/mol. The molecule has 0 spiro atoms. The summed E-state index contributed by atoms with van der Waals surface area (Å²) in [5.41, 5.74) is 15.9. The summed E-state index contributed by atoms with van der Waals surface area (Å²) in [7, 11) is 0. The van der Waals surface area contributed by atoms with Crippen LogP contribution in [-0.4, -0.2) is 81.6 Å². The molecule has 0 aliphatic carbocycles. The van der Waals surface area contributed by atoms with Crippen LogP contribution in [0.2, 0.25) is 0 Å². The van der Waals surface area contributed by atoms with E-state index in [0.29, 0.717) is 83.3 Å². The molecule has 0 saturated carbocycles. The van der Waals surface area contributed by atoms with Crippen LogP contribution < -0.4 is 26.8 Å². The number of amides is 4. The molecule has 1 aliphatic heterocycles. The van der Waals surface area contributed by atoms with Gasteiger partial charge in [-0.05, 0) is 70.2 Å². The summed E-state index contributed by atoms with van der Waals surface area (Å²) in [6.45, 7) is 9.73. The fourth-order valence-electron chi connectivity index (χ4n) is 6.71. The van der Waals surface area contributed by atoms with E-state index in [1.807, 2.05) is 39.8 Å². The van der Waals surface area contributed by atoms with Crippen molar-refractivity contribution in [3.05, 3.63) is 88.5 Å². The topological polar surface area (TPSA) is 234 Å². The number of ether oxygens (including phenoxy) is 2. The van der Waals surface area contributed by atoms with Gasteiger partial charge in [-0.25, -0.2) is 9.97 Å². The number of allylic oxidation sites excluding steroid dienone is 2. The molecule has 18 heteroatoms. The maximum atomic E-state index is 13.7. The quantitative estimate of drug-likeness (QED) is 0.118. The lowest BCUT2D eigenvalue weighted by Crippen LogP contribution is -2.20. The summed E-state index contributed by atoms with van der Waals surface area (Å²) in [6, 6.07) is 11.4. The molecular weight excluding hydrogens is 720 g/mol. The van der Waals surface area contributed by atoms with Crippen LogP contribution in [0.4, 0.5) is 11.9 Å². The van der Waals surface area contributed by atoms with Crippen LogP contribution in [0.5, 0.6) is 5.75 Å². The van der Waals surface area contributed by atoms with Crippen molar-refractivity contribution in [3.63, 3.8) is 0 Å². The number of nitrogens with zero attached hydrogens (tertiary/aromatic N) is 8. The van der Waals surface area contributed by atoms with Crippen molar-refractivity contribution in [3.8, 4) is 5.75 Å². The van der Waals surface area contributed by atoms with Gasteiger partial charge in [0, 0.05) is 43.7 Å². The van der Waals surface area contributed by atoms with Crippen LogP contribution >= 0.6 is 0 Å². The molecular formula is C38H42N12O6. The van der Waals surface area contributed by atoms with Gasteiger partial charge in [-0.2, -0.15) is 10.2 Å². The molecule has 7 rings (SSSR count). The predicted molar refractivity (Wildman–Crippen MR) is 207 cm³/mol. The summed E-state index contributed by atoms with van der Waals surface area (Å²) in [4.78, 5) is 61.0. The van der Waals surface area contributed by atoms with Gasteiger partial charge >= 0.3 is 0 Å². The van der Waals surface area contributed by atoms with E-state index in [1.54, 1.807) is 61.0 Å². The normalized spacial score (nSPS) is 14.2. The third-order valence-electron chi connectivity index (χ3n) is 9.37. The minimum absolute atomic E-state index is 0.195. The summed E-state index contributed by atoms with van der Waals surface area (Å²) >= 11 is 0. The standard InChI is InChI=1S/C38H42N12O6/c1-5-49-29(15-21(3)45-49)35(53)43-37-41-26-17-23(33(39)51)9-10-28(26)47(37)12-7-8-13-48-32-27(18-24(34(40)52)19-31(32)56-25-11-14-55-20-25)42-38(48)44-36(54)30-16-22(4)46-50(30)6-2/h7-10,15-19,25H,5-6,11-14,20H2,1-4H3,(H2,39,51)(H2,40,52)(H,41,43,53)(H,42,44,54)/b8-7+. The molecule has 5 heterocycles. The number of benzene rings is 2. The van der Waals surface area contributed by atoms with Crippen LogP contribution in [0, 0.1) is 13.8 Å². The van der Waals surface area contributed by atoms with Crippen LogP contribution in [0.25, 0.3) is 22.1 Å². The summed E-state index contributed by atoms with van der Waals surface area (Å²) < 4.78 is 18.7. The van der Waals surface area contributed by atoms with Crippen molar-refractivity contribution in [1.82, 2.24) is 38.7 Å². The van der Waals surface area contributed by atoms with Crippen LogP contribution in [-0.2, 0) is 30.9 Å². The SMILES string of the molecule is CCn1nc(C)cc1C(=O)Nc1nc2cc(C(N)=O)ccc2n1C/C=C/Cn1c(NC(=O)c2cc(C)nn2CC)nc2cc(C(N)=O)cc(OC3CCOC3)c21. The van der Waals surface area contributed by atoms with Crippen molar-refractivity contribution in [1.29, 1.82) is 0 Å². The Morgan fingerprint density at radius 3 is 1.95 bits per heavy atom. The second-order valence-electron chi connectivity index (χ2n) is 13.3. The molecule has 6 aromatic rings. The molecule has 0 radical (unpaired) electrons. The number of nitrogens with two attached hydrogens (primary N) is 2. The molecule has 2 aromatic carbocycles. The van der Waals surface area contributed by atoms with Crippen LogP contribution in [0.15, 0.2) is 54.6 Å². The number of aromatic nitrogens is 8. The predicted octanol–water partition coefficient (Wildman–Crippen LogP) is 3.56. The minimum atomic E-state index is -0.658. The van der Waals surface area contributed by atoms with Gasteiger partial charge in [0.1, 0.15) is 28.8 Å². The fraction of sp³-hybridized carbons (Fsp3) is 0.316. The fourth-order valence-corrected chi connectivity index (χ4v) is 6.71. The van der Waals surface area contributed by atoms with Crippen LogP contribution in [0.3, 0.4) is 0 Å². The Hall–Kier alpha value is -6.82. The molecule has 1 aliphatic rings. The van der Waals surface area contributed by atoms with E-state index in [-0.39, 0.29) is 42.2 Å². The zero-order chi connectivity index (χ0) is 39.7. The molecule has 1 atom stereocenters. The van der Waals surface area contributed by atoms with Gasteiger partial charge in [-0.1, -0.05) is 12.2 Å². The van der Waals surface area contributed by atoms with E-state index in [2.05, 4.69) is 25.8 Å². The zero-order valence-corrected chi connectivity index (χ0v) is 31.4. The number of anilines is 2. The third-order valence-corrected chi connectivity index (χ3v) is 9.37. The van der Waals surface area contributed by atoms with Crippen molar-refractivity contribution < 1.29 is 28.7 Å². The first-order valence-electron chi connectivity index (χ1n) is 18.2. The van der Waals surface area contributed by atoms with Crippen molar-refractivity contribution >= 4 is 57.6 Å². The van der Waals surface area contributed by atoms with E-state index >= 15 is 0 Å². The van der Waals surface area contributed by atoms with Crippen molar-refractivity contribution in [2.75, 3.05) is 23.8 Å². The monoisotopic (exact) mass is 762 g/mol. The smallest absolute Gasteiger partial charge is 0.276 e. The number of hydrogen-bond donors (Lipinski definition) is 4. The number of aryl methyl sites for hydroxylation is 4. The van der Waals surface area contributed by atoms with Crippen molar-refractivity contribution in [2.45, 2.75) is 66.4 Å². The van der Waals surface area contributed by atoms with E-state index in [9.17, 15) is 19.2 Å². The highest BCUT2D eigenvalue weighted by molar-refractivity contribution is 6.05. The molecule has 4 amide bonds. The Bertz CT molecular complexity index is 2530. The minimum Gasteiger partial charge on any atom is -0.486 e. The number of primary amides is 2. The molecule has 4 aromatic heterocycles. The maximum Gasteiger partial charge on any atom is 0.276 e. The Morgan fingerprint density at radius 2 is 1.38 bits per heavy atom. The lowest BCUT2D eigenvalue weighted by molar-refractivity contribution is 0.0991. The first-order chi connectivity index (χ1) is 26.9. The highest BCUT2D eigenvalue weighted by Gasteiger charge is 2.25. The molecule has 1 saturated heterocycles. The number of carbonyl (C=O) groups excluding carboxylic acids is 4. The first-order valence-corrected chi connectivity index (χ1v) is 18.2. The number of imidazole rings is 2. The maximum absolute atomic E-state index is 13.7. The molecule has 290 valence electrons. The number of hydrogen-bond acceptors (Lipinski definition) is 10. The molecule has 56 heavy (non-hydrogen) atoms. The second-order valence-corrected chi connectivity index (χ2v) is 13.3. The van der Waals surface area contributed by atoms with Gasteiger partial charge in [-0.15, -0.1) is 0 Å². The lowest BCUT2D eigenvalue weighted by Gasteiger charge is -2.16.